The second-order valence-electron chi connectivity index (χ2n) is 6.95. The second kappa shape index (κ2) is 6.60. The first-order valence-corrected chi connectivity index (χ1v) is 10.2. The van der Waals surface area contributed by atoms with Crippen molar-refractivity contribution in [3.63, 3.8) is 0 Å². The molecule has 1 aromatic carbocycles. The number of nitrogens with one attached hydrogen (secondary N) is 2. The van der Waals surface area contributed by atoms with Crippen LogP contribution in [0.3, 0.4) is 0 Å². The maximum absolute atomic E-state index is 13.6. The fourth-order valence-electron chi connectivity index (χ4n) is 3.73. The minimum absolute atomic E-state index is 0.191. The van der Waals surface area contributed by atoms with E-state index < -0.39 is 0 Å². The average Bonchev–Trinajstić information content (AvgIpc) is 3.51. The molecule has 0 bridgehead atoms. The summed E-state index contributed by atoms with van der Waals surface area (Å²) in [6.45, 7) is 0. The highest BCUT2D eigenvalue weighted by molar-refractivity contribution is 7.14. The van der Waals surface area contributed by atoms with E-state index in [4.69, 9.17) is 4.98 Å². The summed E-state index contributed by atoms with van der Waals surface area (Å²) >= 11 is 1.14. The van der Waals surface area contributed by atoms with E-state index in [0.29, 0.717) is 0 Å². The molecule has 6 aromatic rings. The van der Waals surface area contributed by atoms with Crippen molar-refractivity contribution in [2.45, 2.75) is 0 Å². The number of halogens is 1. The van der Waals surface area contributed by atoms with Crippen molar-refractivity contribution in [2.24, 2.45) is 0 Å². The third-order valence-corrected chi connectivity index (χ3v) is 6.05. The number of benzene rings is 1. The van der Waals surface area contributed by atoms with Crippen molar-refractivity contribution < 1.29 is 4.39 Å². The van der Waals surface area contributed by atoms with Gasteiger partial charge in [0, 0.05) is 39.3 Å². The molecule has 0 spiro atoms. The summed E-state index contributed by atoms with van der Waals surface area (Å²) in [7, 11) is 0. The van der Waals surface area contributed by atoms with Crippen molar-refractivity contribution in [3.8, 4) is 33.1 Å². The molecule has 0 unspecified atom stereocenters. The van der Waals surface area contributed by atoms with Gasteiger partial charge in [-0.15, -0.1) is 11.3 Å². The summed E-state index contributed by atoms with van der Waals surface area (Å²) in [5, 5.41) is 8.41. The lowest BCUT2D eigenvalue weighted by Crippen LogP contribution is -1.86. The minimum Gasteiger partial charge on any atom is -0.353 e. The van der Waals surface area contributed by atoms with Gasteiger partial charge in [0.2, 0.25) is 0 Å². The maximum atomic E-state index is 13.6. The molecular weight excluding hydrogens is 397 g/mol. The molecule has 5 aromatic heterocycles. The molecule has 30 heavy (non-hydrogen) atoms. The monoisotopic (exact) mass is 411 g/mol. The Balaban J connectivity index is 1.52. The summed E-state index contributed by atoms with van der Waals surface area (Å²) < 4.78 is 13.6. The molecule has 6 rings (SSSR count). The van der Waals surface area contributed by atoms with Crippen molar-refractivity contribution in [1.29, 1.82) is 0 Å². The lowest BCUT2D eigenvalue weighted by molar-refractivity contribution is 0.657. The summed E-state index contributed by atoms with van der Waals surface area (Å²) in [6, 6.07) is 19.2. The molecule has 5 heterocycles. The van der Waals surface area contributed by atoms with Gasteiger partial charge in [-0.2, -0.15) is 9.49 Å². The molecule has 0 aliphatic carbocycles. The van der Waals surface area contributed by atoms with Gasteiger partial charge in [0.05, 0.1) is 16.9 Å². The predicted octanol–water partition coefficient (Wildman–Crippen LogP) is 6.04. The molecule has 0 fully saturated rings. The van der Waals surface area contributed by atoms with Crippen LogP contribution in [-0.4, -0.2) is 25.1 Å². The van der Waals surface area contributed by atoms with E-state index in [-0.39, 0.29) is 5.13 Å². The number of pyridine rings is 2. The number of thiophene rings is 1. The Hall–Kier alpha value is -3.84. The zero-order valence-corrected chi connectivity index (χ0v) is 16.4. The van der Waals surface area contributed by atoms with Crippen molar-refractivity contribution in [1.82, 2.24) is 25.1 Å². The molecule has 7 heteroatoms. The molecule has 0 amide bonds. The number of fused-ring (bicyclic) bond motifs is 2. The lowest BCUT2D eigenvalue weighted by atomic mass is 10.1. The van der Waals surface area contributed by atoms with Gasteiger partial charge in [0.25, 0.3) is 0 Å². The standard InChI is InChI=1S/C23H14FN5S/c24-21-7-6-20(30-21)14-2-1-3-17-15(14)12-19(26-17)23-22-18(28-29-23)5-4-16(27-22)13-8-10-25-11-9-13/h1-12,26H,(H,28,29). The van der Waals surface area contributed by atoms with Gasteiger partial charge in [0.15, 0.2) is 5.13 Å². The van der Waals surface area contributed by atoms with E-state index in [9.17, 15) is 4.39 Å². The molecule has 0 atom stereocenters. The van der Waals surface area contributed by atoms with Crippen LogP contribution in [0.25, 0.3) is 55.0 Å². The van der Waals surface area contributed by atoms with Crippen LogP contribution in [0.4, 0.5) is 4.39 Å². The van der Waals surface area contributed by atoms with Gasteiger partial charge in [0.1, 0.15) is 11.2 Å². The van der Waals surface area contributed by atoms with Crippen LogP contribution in [0.1, 0.15) is 0 Å². The Bertz CT molecular complexity index is 1510. The molecule has 0 saturated heterocycles. The highest BCUT2D eigenvalue weighted by Crippen LogP contribution is 2.36. The Morgan fingerprint density at radius 3 is 2.63 bits per heavy atom. The first kappa shape index (κ1) is 17.1. The smallest absolute Gasteiger partial charge is 0.176 e. The Labute approximate surface area is 174 Å². The normalized spacial score (nSPS) is 11.5. The largest absolute Gasteiger partial charge is 0.353 e. The van der Waals surface area contributed by atoms with Gasteiger partial charge < -0.3 is 4.98 Å². The molecule has 0 radical (unpaired) electrons. The van der Waals surface area contributed by atoms with Crippen molar-refractivity contribution >= 4 is 33.3 Å². The molecule has 0 aliphatic rings. The third kappa shape index (κ3) is 2.71. The minimum atomic E-state index is -0.191. The quantitative estimate of drug-likeness (QED) is 0.373. The Morgan fingerprint density at radius 2 is 1.80 bits per heavy atom. The van der Waals surface area contributed by atoms with Gasteiger partial charge >= 0.3 is 0 Å². The zero-order chi connectivity index (χ0) is 20.1. The van der Waals surface area contributed by atoms with Crippen molar-refractivity contribution in [2.75, 3.05) is 0 Å². The van der Waals surface area contributed by atoms with E-state index in [2.05, 4.69) is 26.2 Å². The average molecular weight is 411 g/mol. The maximum Gasteiger partial charge on any atom is 0.176 e. The Kier molecular flexibility index (Phi) is 3.75. The fourth-order valence-corrected chi connectivity index (χ4v) is 4.50. The third-order valence-electron chi connectivity index (χ3n) is 5.14. The van der Waals surface area contributed by atoms with Gasteiger partial charge in [-0.1, -0.05) is 12.1 Å². The molecular formula is C23H14FN5S. The van der Waals surface area contributed by atoms with Crippen LogP contribution in [0.5, 0.6) is 0 Å². The van der Waals surface area contributed by atoms with Crippen LogP contribution in [0.15, 0.2) is 73.1 Å². The van der Waals surface area contributed by atoms with Crippen LogP contribution in [0.2, 0.25) is 0 Å². The summed E-state index contributed by atoms with van der Waals surface area (Å²) in [6.07, 6.45) is 3.51. The lowest BCUT2D eigenvalue weighted by Gasteiger charge is -2.00. The highest BCUT2D eigenvalue weighted by atomic mass is 32.1. The summed E-state index contributed by atoms with van der Waals surface area (Å²) in [4.78, 5) is 13.3. The predicted molar refractivity (Wildman–Crippen MR) is 118 cm³/mol. The number of aromatic nitrogens is 5. The highest BCUT2D eigenvalue weighted by Gasteiger charge is 2.16. The Morgan fingerprint density at radius 1 is 0.900 bits per heavy atom. The number of rotatable bonds is 3. The number of H-pyrrole nitrogens is 2. The SMILES string of the molecule is Fc1ccc(-c2cccc3[nH]c(-c4n[nH]c5ccc(-c6ccncc6)nc45)cc23)s1. The van der Waals surface area contributed by atoms with Gasteiger partial charge in [-0.25, -0.2) is 4.98 Å². The molecule has 0 saturated carbocycles. The van der Waals surface area contributed by atoms with Crippen LogP contribution in [-0.2, 0) is 0 Å². The molecule has 0 aliphatic heterocycles. The van der Waals surface area contributed by atoms with Gasteiger partial charge in [-0.05, 0) is 48.5 Å². The van der Waals surface area contributed by atoms with Crippen LogP contribution in [0, 0.1) is 5.13 Å². The fraction of sp³-hybridized carbons (Fsp3) is 0. The van der Waals surface area contributed by atoms with E-state index in [1.807, 2.05) is 48.5 Å². The number of nitrogens with zero attached hydrogens (tertiary/aromatic N) is 3. The van der Waals surface area contributed by atoms with E-state index >= 15 is 0 Å². The van der Waals surface area contributed by atoms with Crippen molar-refractivity contribution in [3.05, 3.63) is 78.2 Å². The number of hydrogen-bond donors (Lipinski definition) is 2. The second-order valence-corrected chi connectivity index (χ2v) is 7.99. The first-order valence-electron chi connectivity index (χ1n) is 9.39. The van der Waals surface area contributed by atoms with E-state index in [1.54, 1.807) is 12.4 Å². The van der Waals surface area contributed by atoms with E-state index in [0.717, 1.165) is 66.4 Å². The molecule has 2 N–H and O–H groups in total. The first-order chi connectivity index (χ1) is 14.8. The zero-order valence-electron chi connectivity index (χ0n) is 15.6. The topological polar surface area (TPSA) is 70.2 Å². The molecule has 144 valence electrons. The number of hydrogen-bond acceptors (Lipinski definition) is 4. The molecule has 5 nitrogen and oxygen atoms in total. The van der Waals surface area contributed by atoms with Crippen LogP contribution >= 0.6 is 11.3 Å². The van der Waals surface area contributed by atoms with E-state index in [1.165, 1.54) is 6.07 Å². The van der Waals surface area contributed by atoms with Crippen LogP contribution < -0.4 is 0 Å². The van der Waals surface area contributed by atoms with Gasteiger partial charge in [-0.3, -0.25) is 10.1 Å². The number of aromatic amines is 2. The summed E-state index contributed by atoms with van der Waals surface area (Å²) in [5.74, 6) is 0. The summed E-state index contributed by atoms with van der Waals surface area (Å²) in [5.41, 5.74) is 7.09.